The summed E-state index contributed by atoms with van der Waals surface area (Å²) in [6.07, 6.45) is 3.65. The van der Waals surface area contributed by atoms with Gasteiger partial charge in [-0.2, -0.15) is 5.10 Å². The number of halogens is 2. The van der Waals surface area contributed by atoms with E-state index < -0.39 is 0 Å². The molecule has 2 heterocycles. The Balaban J connectivity index is 1.74. The normalized spacial score (nSPS) is 10.9. The molecule has 134 valence electrons. The van der Waals surface area contributed by atoms with Crippen LogP contribution in [0, 0.1) is 6.92 Å². The van der Waals surface area contributed by atoms with E-state index in [1.165, 1.54) is 11.8 Å². The average Bonchev–Trinajstić information content (AvgIpc) is 3.01. The van der Waals surface area contributed by atoms with Crippen LogP contribution in [0.2, 0.25) is 10.0 Å². The van der Waals surface area contributed by atoms with Gasteiger partial charge in [-0.25, -0.2) is 9.97 Å². The number of nitrogens with zero attached hydrogens (tertiary/aromatic N) is 4. The Hall–Kier alpha value is -1.89. The fourth-order valence-electron chi connectivity index (χ4n) is 2.42. The minimum atomic E-state index is -0.0966. The van der Waals surface area contributed by atoms with Crippen molar-refractivity contribution in [2.75, 3.05) is 5.75 Å². The first-order valence-corrected chi connectivity index (χ1v) is 9.70. The second kappa shape index (κ2) is 8.20. The molecule has 0 aliphatic heterocycles. The zero-order chi connectivity index (χ0) is 18.7. The number of carbonyl (C=O) groups is 1. The summed E-state index contributed by atoms with van der Waals surface area (Å²) in [5, 5.41) is 5.81. The largest absolute Gasteiger partial charge is 0.293 e. The number of hydrogen-bond acceptors (Lipinski definition) is 5. The van der Waals surface area contributed by atoms with Crippen LogP contribution in [0.5, 0.6) is 0 Å². The van der Waals surface area contributed by atoms with E-state index in [2.05, 4.69) is 15.1 Å². The van der Waals surface area contributed by atoms with Crippen molar-refractivity contribution < 1.29 is 4.79 Å². The Kier molecular flexibility index (Phi) is 5.96. The maximum absolute atomic E-state index is 12.4. The summed E-state index contributed by atoms with van der Waals surface area (Å²) in [6.45, 7) is 4.78. The number of Topliss-reactive ketones (excluding diaryl/α,β-unsaturated/α-hetero) is 1. The molecule has 0 atom stereocenters. The van der Waals surface area contributed by atoms with Gasteiger partial charge in [0.2, 0.25) is 0 Å². The molecule has 0 radical (unpaired) electrons. The lowest BCUT2D eigenvalue weighted by atomic mass is 10.1. The molecule has 0 saturated carbocycles. The van der Waals surface area contributed by atoms with E-state index in [1.54, 1.807) is 24.4 Å². The highest BCUT2D eigenvalue weighted by atomic mass is 35.5. The molecule has 1 aromatic carbocycles. The van der Waals surface area contributed by atoms with Crippen molar-refractivity contribution >= 4 is 40.7 Å². The maximum Gasteiger partial charge on any atom is 0.188 e. The van der Waals surface area contributed by atoms with E-state index in [1.807, 2.05) is 30.8 Å². The van der Waals surface area contributed by atoms with Crippen LogP contribution in [-0.4, -0.2) is 31.3 Å². The number of aromatic nitrogens is 4. The lowest BCUT2D eigenvalue weighted by Crippen LogP contribution is -2.04. The van der Waals surface area contributed by atoms with Crippen molar-refractivity contribution in [3.63, 3.8) is 0 Å². The maximum atomic E-state index is 12.4. The van der Waals surface area contributed by atoms with Gasteiger partial charge in [0.25, 0.3) is 0 Å². The Morgan fingerprint density at radius 3 is 2.77 bits per heavy atom. The lowest BCUT2D eigenvalue weighted by Gasteiger charge is -2.05. The van der Waals surface area contributed by atoms with E-state index >= 15 is 0 Å². The number of thioether (sulfide) groups is 1. The van der Waals surface area contributed by atoms with Gasteiger partial charge in [0.15, 0.2) is 10.9 Å². The standard InChI is InChI=1S/C18H16Cl2N4OS/c1-3-24-9-14(11(2)23-24)16-6-7-21-18(22-16)26-10-17(25)13-5-4-12(19)8-15(13)20/h4-9H,3,10H2,1-2H3. The number of carbonyl (C=O) groups excluding carboxylic acids is 1. The third-order valence-electron chi connectivity index (χ3n) is 3.74. The van der Waals surface area contributed by atoms with Crippen molar-refractivity contribution in [3.05, 3.63) is 58.0 Å². The molecule has 26 heavy (non-hydrogen) atoms. The van der Waals surface area contributed by atoms with Crippen molar-refractivity contribution in [1.29, 1.82) is 0 Å². The molecule has 0 spiro atoms. The van der Waals surface area contributed by atoms with E-state index in [9.17, 15) is 4.79 Å². The monoisotopic (exact) mass is 406 g/mol. The Morgan fingerprint density at radius 1 is 1.27 bits per heavy atom. The number of hydrogen-bond donors (Lipinski definition) is 0. The molecular weight excluding hydrogens is 391 g/mol. The fourth-order valence-corrected chi connectivity index (χ4v) is 3.64. The SMILES string of the molecule is CCn1cc(-c2ccnc(SCC(=O)c3ccc(Cl)cc3Cl)n2)c(C)n1. The number of rotatable bonds is 6. The summed E-state index contributed by atoms with van der Waals surface area (Å²) in [5.74, 6) is 0.0959. The highest BCUT2D eigenvalue weighted by molar-refractivity contribution is 7.99. The first-order chi connectivity index (χ1) is 12.5. The minimum Gasteiger partial charge on any atom is -0.293 e. The quantitative estimate of drug-likeness (QED) is 0.329. The van der Waals surface area contributed by atoms with Gasteiger partial charge in [-0.05, 0) is 38.1 Å². The number of benzene rings is 1. The van der Waals surface area contributed by atoms with Crippen molar-refractivity contribution in [2.24, 2.45) is 0 Å². The highest BCUT2D eigenvalue weighted by Crippen LogP contribution is 2.25. The third kappa shape index (κ3) is 4.26. The first kappa shape index (κ1) is 18.9. The molecule has 0 aliphatic carbocycles. The summed E-state index contributed by atoms with van der Waals surface area (Å²) >= 11 is 13.2. The van der Waals surface area contributed by atoms with Gasteiger partial charge in [0.05, 0.1) is 22.2 Å². The van der Waals surface area contributed by atoms with Crippen molar-refractivity contribution in [3.8, 4) is 11.3 Å². The Labute approximate surface area is 165 Å². The van der Waals surface area contributed by atoms with E-state index in [0.717, 1.165) is 23.5 Å². The van der Waals surface area contributed by atoms with E-state index in [0.29, 0.717) is 20.8 Å². The van der Waals surface area contributed by atoms with Crippen molar-refractivity contribution in [2.45, 2.75) is 25.5 Å². The molecule has 0 unspecified atom stereocenters. The summed E-state index contributed by atoms with van der Waals surface area (Å²) in [7, 11) is 0. The van der Waals surface area contributed by atoms with Gasteiger partial charge >= 0.3 is 0 Å². The summed E-state index contributed by atoms with van der Waals surface area (Å²) in [5.41, 5.74) is 3.10. The number of aryl methyl sites for hydroxylation is 2. The van der Waals surface area contributed by atoms with Gasteiger partial charge in [-0.1, -0.05) is 35.0 Å². The van der Waals surface area contributed by atoms with Crippen molar-refractivity contribution in [1.82, 2.24) is 19.7 Å². The predicted octanol–water partition coefficient (Wildman–Crippen LogP) is 4.95. The van der Waals surface area contributed by atoms with Crippen LogP contribution in [0.4, 0.5) is 0 Å². The molecule has 0 fully saturated rings. The topological polar surface area (TPSA) is 60.7 Å². The van der Waals surface area contributed by atoms with Crippen LogP contribution < -0.4 is 0 Å². The molecule has 3 aromatic rings. The number of ketones is 1. The molecule has 0 saturated heterocycles. The molecule has 0 aliphatic rings. The second-order valence-corrected chi connectivity index (χ2v) is 7.33. The van der Waals surface area contributed by atoms with Gasteiger partial charge in [-0.15, -0.1) is 0 Å². The summed E-state index contributed by atoms with van der Waals surface area (Å²) in [6, 6.07) is 6.68. The third-order valence-corrected chi connectivity index (χ3v) is 5.15. The summed E-state index contributed by atoms with van der Waals surface area (Å²) in [4.78, 5) is 21.2. The minimum absolute atomic E-state index is 0.0966. The smallest absolute Gasteiger partial charge is 0.188 e. The average molecular weight is 407 g/mol. The van der Waals surface area contributed by atoms with Gasteiger partial charge in [0.1, 0.15) is 0 Å². The summed E-state index contributed by atoms with van der Waals surface area (Å²) < 4.78 is 1.87. The Bertz CT molecular complexity index is 958. The van der Waals surface area contributed by atoms with E-state index in [-0.39, 0.29) is 11.5 Å². The van der Waals surface area contributed by atoms with Crippen LogP contribution >= 0.6 is 35.0 Å². The molecule has 5 nitrogen and oxygen atoms in total. The second-order valence-electron chi connectivity index (χ2n) is 5.54. The molecule has 2 aromatic heterocycles. The van der Waals surface area contributed by atoms with Crippen LogP contribution in [0.1, 0.15) is 23.0 Å². The Morgan fingerprint density at radius 2 is 2.08 bits per heavy atom. The van der Waals surface area contributed by atoms with Crippen LogP contribution in [-0.2, 0) is 6.54 Å². The lowest BCUT2D eigenvalue weighted by molar-refractivity contribution is 0.102. The van der Waals surface area contributed by atoms with Gasteiger partial charge in [0, 0.05) is 35.1 Å². The van der Waals surface area contributed by atoms with Gasteiger partial charge in [-0.3, -0.25) is 9.48 Å². The van der Waals surface area contributed by atoms with Gasteiger partial charge < -0.3 is 0 Å². The molecule has 0 N–H and O–H groups in total. The first-order valence-electron chi connectivity index (χ1n) is 7.96. The molecule has 8 heteroatoms. The molecular formula is C18H16Cl2N4OS. The van der Waals surface area contributed by atoms with Crippen LogP contribution in [0.25, 0.3) is 11.3 Å². The highest BCUT2D eigenvalue weighted by Gasteiger charge is 2.14. The zero-order valence-electron chi connectivity index (χ0n) is 14.2. The zero-order valence-corrected chi connectivity index (χ0v) is 16.6. The van der Waals surface area contributed by atoms with Crippen LogP contribution in [0.3, 0.4) is 0 Å². The van der Waals surface area contributed by atoms with E-state index in [4.69, 9.17) is 23.2 Å². The van der Waals surface area contributed by atoms with Crippen LogP contribution in [0.15, 0.2) is 41.8 Å². The predicted molar refractivity (Wildman–Crippen MR) is 105 cm³/mol. The molecule has 3 rings (SSSR count). The molecule has 0 amide bonds. The molecule has 0 bridgehead atoms. The fraction of sp³-hybridized carbons (Fsp3) is 0.222.